The first kappa shape index (κ1) is 18.3. The molecule has 0 saturated carbocycles. The summed E-state index contributed by atoms with van der Waals surface area (Å²) in [5.74, 6) is 2.16. The van der Waals surface area contributed by atoms with E-state index in [0.29, 0.717) is 30.0 Å². The van der Waals surface area contributed by atoms with Gasteiger partial charge in [-0.25, -0.2) is 0 Å². The highest BCUT2D eigenvalue weighted by Gasteiger charge is 2.29. The van der Waals surface area contributed by atoms with Crippen molar-refractivity contribution >= 4 is 5.91 Å². The number of nitrogens with zero attached hydrogens (tertiary/aromatic N) is 5. The summed E-state index contributed by atoms with van der Waals surface area (Å²) < 4.78 is 5.56. The van der Waals surface area contributed by atoms with E-state index in [1.54, 1.807) is 0 Å². The molecule has 3 heterocycles. The maximum Gasteiger partial charge on any atom is 0.233 e. The zero-order valence-corrected chi connectivity index (χ0v) is 15.8. The lowest BCUT2D eigenvalue weighted by molar-refractivity contribution is -0.134. The summed E-state index contributed by atoms with van der Waals surface area (Å²) in [6.07, 6.45) is 2.84. The lowest BCUT2D eigenvalue weighted by Crippen LogP contribution is -2.49. The summed E-state index contributed by atoms with van der Waals surface area (Å²) >= 11 is 0. The van der Waals surface area contributed by atoms with Gasteiger partial charge in [0.05, 0.1) is 6.04 Å². The average molecular weight is 349 g/mol. The Kier molecular flexibility index (Phi) is 6.06. The van der Waals surface area contributed by atoms with Gasteiger partial charge in [-0.15, -0.1) is 10.2 Å². The van der Waals surface area contributed by atoms with Gasteiger partial charge in [0, 0.05) is 39.5 Å². The van der Waals surface area contributed by atoms with Gasteiger partial charge < -0.3 is 14.2 Å². The van der Waals surface area contributed by atoms with Crippen LogP contribution in [0.4, 0.5) is 0 Å². The molecular formula is C18H31N5O2. The van der Waals surface area contributed by atoms with Crippen LogP contribution in [-0.2, 0) is 4.79 Å². The van der Waals surface area contributed by atoms with E-state index >= 15 is 0 Å². The monoisotopic (exact) mass is 349 g/mol. The number of rotatable bonds is 5. The summed E-state index contributed by atoms with van der Waals surface area (Å²) in [5, 5.41) is 8.06. The summed E-state index contributed by atoms with van der Waals surface area (Å²) in [4.78, 5) is 19.4. The van der Waals surface area contributed by atoms with Crippen LogP contribution in [0.2, 0.25) is 0 Å². The lowest BCUT2D eigenvalue weighted by Gasteiger charge is -2.37. The number of likely N-dealkylation sites (tertiary alicyclic amines) is 1. The minimum absolute atomic E-state index is 0.153. The summed E-state index contributed by atoms with van der Waals surface area (Å²) in [6.45, 7) is 13.0. The van der Waals surface area contributed by atoms with E-state index < -0.39 is 0 Å². The number of aromatic nitrogens is 2. The molecule has 25 heavy (non-hydrogen) atoms. The number of amides is 1. The van der Waals surface area contributed by atoms with Crippen molar-refractivity contribution in [1.82, 2.24) is 24.9 Å². The Labute approximate surface area is 150 Å². The molecule has 3 rings (SSSR count). The zero-order valence-electron chi connectivity index (χ0n) is 15.8. The van der Waals surface area contributed by atoms with Crippen molar-refractivity contribution in [2.24, 2.45) is 5.92 Å². The molecule has 7 nitrogen and oxygen atoms in total. The Morgan fingerprint density at radius 2 is 1.84 bits per heavy atom. The third-order valence-electron chi connectivity index (χ3n) is 5.73. The van der Waals surface area contributed by atoms with Gasteiger partial charge in [0.15, 0.2) is 0 Å². The Bertz CT molecular complexity index is 560. The molecule has 2 aliphatic rings. The molecule has 0 aliphatic carbocycles. The molecule has 1 atom stereocenters. The van der Waals surface area contributed by atoms with Gasteiger partial charge in [0.1, 0.15) is 0 Å². The standard InChI is InChI=1S/C18H31N5O2/c1-4-21-9-11-23(12-10-21)17(24)13-16-5-7-22(8-6-16)14(2)18-20-19-15(3)25-18/h14,16H,4-13H2,1-3H3/t14-/m0/s1. The predicted octanol–water partition coefficient (Wildman–Crippen LogP) is 1.71. The molecule has 1 aromatic rings. The van der Waals surface area contributed by atoms with Gasteiger partial charge in [-0.3, -0.25) is 9.69 Å². The van der Waals surface area contributed by atoms with Crippen molar-refractivity contribution in [2.45, 2.75) is 46.1 Å². The van der Waals surface area contributed by atoms with Crippen molar-refractivity contribution in [2.75, 3.05) is 45.8 Å². The maximum absolute atomic E-state index is 12.6. The molecule has 0 N–H and O–H groups in total. The molecule has 0 unspecified atom stereocenters. The third-order valence-corrected chi connectivity index (χ3v) is 5.73. The SMILES string of the molecule is CCN1CCN(C(=O)CC2CCN([C@@H](C)c3nnc(C)o3)CC2)CC1. The second-order valence-electron chi connectivity index (χ2n) is 7.33. The van der Waals surface area contributed by atoms with Gasteiger partial charge in [-0.2, -0.15) is 0 Å². The first-order valence-electron chi connectivity index (χ1n) is 9.61. The van der Waals surface area contributed by atoms with Gasteiger partial charge in [0.2, 0.25) is 17.7 Å². The Morgan fingerprint density at radius 1 is 1.16 bits per heavy atom. The highest BCUT2D eigenvalue weighted by Crippen LogP contribution is 2.28. The normalized spacial score (nSPS) is 22.3. The molecule has 7 heteroatoms. The zero-order chi connectivity index (χ0) is 17.8. The number of aryl methyl sites for hydroxylation is 1. The molecule has 2 aliphatic heterocycles. The molecule has 140 valence electrons. The second kappa shape index (κ2) is 8.27. The van der Waals surface area contributed by atoms with Crippen molar-refractivity contribution in [3.63, 3.8) is 0 Å². The van der Waals surface area contributed by atoms with Crippen LogP contribution < -0.4 is 0 Å². The fourth-order valence-corrected chi connectivity index (χ4v) is 3.87. The molecule has 1 amide bonds. The number of likely N-dealkylation sites (N-methyl/N-ethyl adjacent to an activating group) is 1. The van der Waals surface area contributed by atoms with E-state index in [2.05, 4.69) is 38.7 Å². The van der Waals surface area contributed by atoms with Crippen LogP contribution in [0.25, 0.3) is 0 Å². The average Bonchev–Trinajstić information content (AvgIpc) is 3.08. The van der Waals surface area contributed by atoms with Crippen molar-refractivity contribution in [1.29, 1.82) is 0 Å². The van der Waals surface area contributed by atoms with Crippen LogP contribution in [0.5, 0.6) is 0 Å². The van der Waals surface area contributed by atoms with E-state index in [1.807, 2.05) is 6.92 Å². The second-order valence-corrected chi connectivity index (χ2v) is 7.33. The van der Waals surface area contributed by atoms with Gasteiger partial charge >= 0.3 is 0 Å². The quantitative estimate of drug-likeness (QED) is 0.806. The van der Waals surface area contributed by atoms with Crippen LogP contribution in [0.1, 0.15) is 50.9 Å². The Balaban J connectivity index is 1.42. The number of hydrogen-bond acceptors (Lipinski definition) is 6. The predicted molar refractivity (Wildman–Crippen MR) is 95.1 cm³/mol. The Morgan fingerprint density at radius 3 is 2.40 bits per heavy atom. The largest absolute Gasteiger partial charge is 0.424 e. The Hall–Kier alpha value is -1.47. The van der Waals surface area contributed by atoms with E-state index in [-0.39, 0.29) is 6.04 Å². The minimum atomic E-state index is 0.153. The summed E-state index contributed by atoms with van der Waals surface area (Å²) in [6, 6.07) is 0.153. The molecule has 2 saturated heterocycles. The fourth-order valence-electron chi connectivity index (χ4n) is 3.87. The van der Waals surface area contributed by atoms with Crippen LogP contribution in [0.15, 0.2) is 4.42 Å². The molecule has 0 aromatic carbocycles. The van der Waals surface area contributed by atoms with Crippen molar-refractivity contribution in [3.05, 3.63) is 11.8 Å². The molecule has 0 bridgehead atoms. The van der Waals surface area contributed by atoms with Crippen LogP contribution in [0.3, 0.4) is 0 Å². The first-order valence-corrected chi connectivity index (χ1v) is 9.61. The highest BCUT2D eigenvalue weighted by molar-refractivity contribution is 5.76. The third kappa shape index (κ3) is 4.58. The maximum atomic E-state index is 12.6. The number of hydrogen-bond donors (Lipinski definition) is 0. The van der Waals surface area contributed by atoms with Gasteiger partial charge in [0.25, 0.3) is 0 Å². The highest BCUT2D eigenvalue weighted by atomic mass is 16.4. The van der Waals surface area contributed by atoms with E-state index in [0.717, 1.165) is 58.7 Å². The van der Waals surface area contributed by atoms with Crippen LogP contribution in [-0.4, -0.2) is 76.6 Å². The van der Waals surface area contributed by atoms with Crippen molar-refractivity contribution < 1.29 is 9.21 Å². The number of carbonyl (C=O) groups is 1. The first-order chi connectivity index (χ1) is 12.1. The van der Waals surface area contributed by atoms with Crippen LogP contribution in [0, 0.1) is 12.8 Å². The molecule has 1 aromatic heterocycles. The smallest absolute Gasteiger partial charge is 0.233 e. The summed E-state index contributed by atoms with van der Waals surface area (Å²) in [5.41, 5.74) is 0. The van der Waals surface area contributed by atoms with Crippen LogP contribution >= 0.6 is 0 Å². The van der Waals surface area contributed by atoms with Gasteiger partial charge in [-0.1, -0.05) is 6.92 Å². The minimum Gasteiger partial charge on any atom is -0.424 e. The van der Waals surface area contributed by atoms with E-state index in [4.69, 9.17) is 4.42 Å². The fraction of sp³-hybridized carbons (Fsp3) is 0.833. The number of piperazine rings is 1. The molecule has 0 spiro atoms. The van der Waals surface area contributed by atoms with E-state index in [9.17, 15) is 4.79 Å². The van der Waals surface area contributed by atoms with Gasteiger partial charge in [-0.05, 0) is 45.3 Å². The molecule has 0 radical (unpaired) electrons. The molecular weight excluding hydrogens is 318 g/mol. The number of carbonyl (C=O) groups excluding carboxylic acids is 1. The van der Waals surface area contributed by atoms with Crippen molar-refractivity contribution in [3.8, 4) is 0 Å². The lowest BCUT2D eigenvalue weighted by atomic mass is 9.92. The van der Waals surface area contributed by atoms with E-state index in [1.165, 1.54) is 0 Å². The molecule has 2 fully saturated rings. The summed E-state index contributed by atoms with van der Waals surface area (Å²) in [7, 11) is 0. The topological polar surface area (TPSA) is 65.7 Å². The number of piperidine rings is 1.